The first-order valence-electron chi connectivity index (χ1n) is 12.2. The van der Waals surface area contributed by atoms with Crippen LogP contribution in [-0.4, -0.2) is 48.4 Å². The molecule has 0 aliphatic carbocycles. The Morgan fingerprint density at radius 3 is 2.45 bits per heavy atom. The maximum absolute atomic E-state index is 15.2. The molecule has 4 aromatic rings. The average molecular weight is 572 g/mol. The zero-order valence-electron chi connectivity index (χ0n) is 22.0. The zero-order valence-corrected chi connectivity index (χ0v) is 22.8. The van der Waals surface area contributed by atoms with Crippen LogP contribution in [0.15, 0.2) is 75.4 Å². The van der Waals surface area contributed by atoms with Gasteiger partial charge in [0.05, 0.1) is 17.5 Å². The molecular formula is C28H27F2N3O6S. The van der Waals surface area contributed by atoms with Crippen LogP contribution in [0.25, 0.3) is 11.1 Å². The SMILES string of the molecule is CCOCc1nc(=O)c(S(=O)(=O)c2ccc(-c3ccnc(F)c3C)c(F)c2)c(O)n1[C@@H](COC)c1ccccc1. The minimum atomic E-state index is -4.78. The Kier molecular flexibility index (Phi) is 8.72. The Labute approximate surface area is 229 Å². The number of ether oxygens (including phenoxy) is 2. The third kappa shape index (κ3) is 5.51. The highest BCUT2D eigenvalue weighted by atomic mass is 32.2. The van der Waals surface area contributed by atoms with E-state index in [1.54, 1.807) is 37.3 Å². The summed E-state index contributed by atoms with van der Waals surface area (Å²) in [7, 11) is -3.35. The Morgan fingerprint density at radius 2 is 1.80 bits per heavy atom. The van der Waals surface area contributed by atoms with Gasteiger partial charge in [-0.15, -0.1) is 0 Å². The van der Waals surface area contributed by atoms with Crippen molar-refractivity contribution >= 4 is 9.84 Å². The van der Waals surface area contributed by atoms with E-state index in [1.807, 2.05) is 0 Å². The van der Waals surface area contributed by atoms with E-state index in [2.05, 4.69) is 9.97 Å². The molecule has 210 valence electrons. The third-order valence-electron chi connectivity index (χ3n) is 6.34. The molecule has 9 nitrogen and oxygen atoms in total. The van der Waals surface area contributed by atoms with Crippen LogP contribution in [0.2, 0.25) is 0 Å². The molecule has 12 heteroatoms. The molecule has 0 aliphatic rings. The summed E-state index contributed by atoms with van der Waals surface area (Å²) in [6.07, 6.45) is 1.17. The first-order valence-corrected chi connectivity index (χ1v) is 13.7. The highest BCUT2D eigenvalue weighted by molar-refractivity contribution is 7.91. The number of aromatic hydroxyl groups is 1. The highest BCUT2D eigenvalue weighted by Gasteiger charge is 2.33. The molecule has 0 bridgehead atoms. The molecule has 2 aromatic carbocycles. The van der Waals surface area contributed by atoms with Crippen molar-refractivity contribution in [1.82, 2.24) is 14.5 Å². The molecule has 1 atom stereocenters. The fourth-order valence-corrected chi connectivity index (χ4v) is 5.72. The van der Waals surface area contributed by atoms with E-state index >= 15 is 4.39 Å². The van der Waals surface area contributed by atoms with Gasteiger partial charge in [0.2, 0.25) is 21.7 Å². The Balaban J connectivity index is 1.91. The summed E-state index contributed by atoms with van der Waals surface area (Å²) in [5.74, 6) is -2.68. The van der Waals surface area contributed by atoms with Gasteiger partial charge in [0.1, 0.15) is 18.2 Å². The highest BCUT2D eigenvalue weighted by Crippen LogP contribution is 2.34. The van der Waals surface area contributed by atoms with Crippen LogP contribution < -0.4 is 5.56 Å². The number of rotatable bonds is 10. The van der Waals surface area contributed by atoms with Crippen LogP contribution in [0.1, 0.15) is 29.9 Å². The molecule has 2 aromatic heterocycles. The van der Waals surface area contributed by atoms with Gasteiger partial charge in [-0.3, -0.25) is 9.36 Å². The van der Waals surface area contributed by atoms with Crippen LogP contribution in [0, 0.1) is 18.7 Å². The molecule has 0 radical (unpaired) electrons. The predicted octanol–water partition coefficient (Wildman–Crippen LogP) is 4.20. The molecular weight excluding hydrogens is 544 g/mol. The quantitative estimate of drug-likeness (QED) is 0.281. The van der Waals surface area contributed by atoms with Crippen LogP contribution in [0.3, 0.4) is 0 Å². The van der Waals surface area contributed by atoms with E-state index in [1.165, 1.54) is 30.9 Å². The second kappa shape index (κ2) is 12.0. The number of nitrogens with zero attached hydrogens (tertiary/aromatic N) is 3. The van der Waals surface area contributed by atoms with E-state index in [4.69, 9.17) is 9.47 Å². The molecule has 2 heterocycles. The van der Waals surface area contributed by atoms with Gasteiger partial charge >= 0.3 is 0 Å². The molecule has 40 heavy (non-hydrogen) atoms. The molecule has 0 unspecified atom stereocenters. The number of hydrogen-bond donors (Lipinski definition) is 1. The molecule has 0 fully saturated rings. The number of halogens is 2. The van der Waals surface area contributed by atoms with Crippen LogP contribution in [0.4, 0.5) is 8.78 Å². The lowest BCUT2D eigenvalue weighted by molar-refractivity contribution is 0.114. The number of sulfone groups is 1. The zero-order chi connectivity index (χ0) is 29.0. The second-order valence-corrected chi connectivity index (χ2v) is 10.7. The summed E-state index contributed by atoms with van der Waals surface area (Å²) >= 11 is 0. The molecule has 0 spiro atoms. The topological polar surface area (TPSA) is 121 Å². The smallest absolute Gasteiger partial charge is 0.296 e. The molecule has 1 N–H and O–H groups in total. The lowest BCUT2D eigenvalue weighted by atomic mass is 10.0. The predicted molar refractivity (Wildman–Crippen MR) is 142 cm³/mol. The lowest BCUT2D eigenvalue weighted by Gasteiger charge is -2.25. The molecule has 0 aliphatic heterocycles. The summed E-state index contributed by atoms with van der Waals surface area (Å²) in [5.41, 5.74) is -0.386. The van der Waals surface area contributed by atoms with E-state index in [0.717, 1.165) is 12.1 Å². The van der Waals surface area contributed by atoms with Gasteiger partial charge < -0.3 is 14.6 Å². The second-order valence-electron chi connectivity index (χ2n) is 8.79. The van der Waals surface area contributed by atoms with Crippen molar-refractivity contribution in [1.29, 1.82) is 0 Å². The van der Waals surface area contributed by atoms with Gasteiger partial charge in [0.15, 0.2) is 4.90 Å². The van der Waals surface area contributed by atoms with E-state index < -0.39 is 48.9 Å². The van der Waals surface area contributed by atoms with Gasteiger partial charge in [0, 0.05) is 31.0 Å². The maximum Gasteiger partial charge on any atom is 0.296 e. The van der Waals surface area contributed by atoms with E-state index in [0.29, 0.717) is 11.6 Å². The van der Waals surface area contributed by atoms with Crippen molar-refractivity contribution in [3.8, 4) is 17.0 Å². The van der Waals surface area contributed by atoms with Gasteiger partial charge in [-0.05, 0) is 43.2 Å². The monoisotopic (exact) mass is 571 g/mol. The molecule has 0 saturated carbocycles. The van der Waals surface area contributed by atoms with E-state index in [9.17, 15) is 22.7 Å². The Bertz CT molecular complexity index is 1690. The number of benzene rings is 2. The fraction of sp³-hybridized carbons (Fsp3) is 0.250. The van der Waals surface area contributed by atoms with Crippen LogP contribution in [-0.2, 0) is 25.9 Å². The van der Waals surface area contributed by atoms with Crippen molar-refractivity contribution in [2.24, 2.45) is 0 Å². The molecule has 0 amide bonds. The normalized spacial score (nSPS) is 12.4. The summed E-state index contributed by atoms with van der Waals surface area (Å²) < 4.78 is 68.5. The average Bonchev–Trinajstić information content (AvgIpc) is 2.93. The molecule has 0 saturated heterocycles. The maximum atomic E-state index is 15.2. The van der Waals surface area contributed by atoms with Crippen molar-refractivity contribution in [3.05, 3.63) is 99.9 Å². The van der Waals surface area contributed by atoms with Gasteiger partial charge in [-0.2, -0.15) is 9.37 Å². The third-order valence-corrected chi connectivity index (χ3v) is 8.11. The number of methoxy groups -OCH3 is 1. The largest absolute Gasteiger partial charge is 0.493 e. The minimum absolute atomic E-state index is 0.00803. The summed E-state index contributed by atoms with van der Waals surface area (Å²) in [5, 5.41) is 11.4. The molecule has 4 rings (SSSR count). The number of aromatic nitrogens is 3. The van der Waals surface area contributed by atoms with Crippen molar-refractivity contribution in [2.75, 3.05) is 20.3 Å². The fourth-order valence-electron chi connectivity index (χ4n) is 4.36. The standard InChI is InChI=1S/C28H27F2N3O6S/c1-4-39-16-24-32-27(34)25(28(35)33(24)23(15-38-3)18-8-6-5-7-9-18)40(36,37)19-10-11-21(22(29)14-19)20-12-13-31-26(30)17(20)2/h5-14,23,35H,4,15-16H2,1-3H3/t23-/m0/s1. The summed E-state index contributed by atoms with van der Waals surface area (Å²) in [4.78, 5) is 18.9. The summed E-state index contributed by atoms with van der Waals surface area (Å²) in [6, 6.07) is 12.4. The van der Waals surface area contributed by atoms with Crippen molar-refractivity contribution in [2.45, 2.75) is 36.3 Å². The van der Waals surface area contributed by atoms with Crippen molar-refractivity contribution in [3.63, 3.8) is 0 Å². The van der Waals surface area contributed by atoms with Gasteiger partial charge in [-0.25, -0.2) is 17.8 Å². The lowest BCUT2D eigenvalue weighted by Crippen LogP contribution is -2.29. The number of hydrogen-bond acceptors (Lipinski definition) is 8. The minimum Gasteiger partial charge on any atom is -0.493 e. The Morgan fingerprint density at radius 1 is 1.07 bits per heavy atom. The Hall–Kier alpha value is -4.00. The van der Waals surface area contributed by atoms with Crippen LogP contribution >= 0.6 is 0 Å². The van der Waals surface area contributed by atoms with Crippen LogP contribution in [0.5, 0.6) is 5.88 Å². The number of pyridine rings is 1. The first-order chi connectivity index (χ1) is 19.1. The van der Waals surface area contributed by atoms with Crippen molar-refractivity contribution < 1.29 is 31.8 Å². The summed E-state index contributed by atoms with van der Waals surface area (Å²) in [6.45, 7) is 3.21. The van der Waals surface area contributed by atoms with Gasteiger partial charge in [-0.1, -0.05) is 36.4 Å². The van der Waals surface area contributed by atoms with Gasteiger partial charge in [0.25, 0.3) is 5.56 Å². The van der Waals surface area contributed by atoms with E-state index in [-0.39, 0.29) is 42.3 Å². The first kappa shape index (κ1) is 29.0.